The monoisotopic (exact) mass is 411 g/mol. The van der Waals surface area contributed by atoms with Crippen molar-refractivity contribution in [3.63, 3.8) is 0 Å². The van der Waals surface area contributed by atoms with Crippen LogP contribution in [0.1, 0.15) is 21.6 Å². The summed E-state index contributed by atoms with van der Waals surface area (Å²) in [5, 5.41) is 3.47. The minimum Gasteiger partial charge on any atom is -0.334 e. The van der Waals surface area contributed by atoms with Crippen molar-refractivity contribution in [2.24, 2.45) is 0 Å². The summed E-state index contributed by atoms with van der Waals surface area (Å²) in [7, 11) is 0. The van der Waals surface area contributed by atoms with Gasteiger partial charge in [0.05, 0.1) is 0 Å². The van der Waals surface area contributed by atoms with Crippen molar-refractivity contribution in [2.75, 3.05) is 31.5 Å². The van der Waals surface area contributed by atoms with Crippen molar-refractivity contribution in [1.29, 1.82) is 0 Å². The van der Waals surface area contributed by atoms with Crippen LogP contribution in [0.4, 0.5) is 10.5 Å². The molecule has 4 rings (SSSR count). The Morgan fingerprint density at radius 2 is 1.76 bits per heavy atom. The van der Waals surface area contributed by atoms with Gasteiger partial charge >= 0.3 is 6.03 Å². The number of nitrogens with zero attached hydrogens (tertiary/aromatic N) is 4. The second-order valence-corrected chi connectivity index (χ2v) is 7.68. The van der Waals surface area contributed by atoms with Crippen LogP contribution in [0.5, 0.6) is 0 Å². The van der Waals surface area contributed by atoms with E-state index in [2.05, 4.69) is 10.3 Å². The molecule has 0 spiro atoms. The van der Waals surface area contributed by atoms with E-state index < -0.39 is 0 Å². The maximum absolute atomic E-state index is 12.8. The first-order valence-electron chi connectivity index (χ1n) is 9.47. The molecule has 3 aromatic rings. The smallest absolute Gasteiger partial charge is 0.321 e. The van der Waals surface area contributed by atoms with Crippen molar-refractivity contribution in [3.05, 3.63) is 64.6 Å². The summed E-state index contributed by atoms with van der Waals surface area (Å²) in [6.07, 6.45) is 3.64. The molecule has 1 aliphatic heterocycles. The van der Waals surface area contributed by atoms with Gasteiger partial charge in [-0.3, -0.25) is 4.79 Å². The number of rotatable bonds is 2. The number of aryl methyl sites for hydroxylation is 2. The van der Waals surface area contributed by atoms with E-state index in [4.69, 9.17) is 11.6 Å². The third kappa shape index (κ3) is 4.05. The van der Waals surface area contributed by atoms with Crippen LogP contribution >= 0.6 is 11.6 Å². The van der Waals surface area contributed by atoms with Crippen molar-refractivity contribution >= 4 is 34.9 Å². The summed E-state index contributed by atoms with van der Waals surface area (Å²) >= 11 is 6.12. The molecule has 8 heteroatoms. The molecule has 1 fully saturated rings. The van der Waals surface area contributed by atoms with E-state index in [-0.39, 0.29) is 11.9 Å². The summed E-state index contributed by atoms with van der Waals surface area (Å²) in [4.78, 5) is 33.2. The van der Waals surface area contributed by atoms with Gasteiger partial charge in [0.15, 0.2) is 0 Å². The highest BCUT2D eigenvalue weighted by molar-refractivity contribution is 6.31. The van der Waals surface area contributed by atoms with Crippen LogP contribution < -0.4 is 5.32 Å². The molecule has 0 saturated carbocycles. The van der Waals surface area contributed by atoms with Gasteiger partial charge in [-0.15, -0.1) is 0 Å². The van der Waals surface area contributed by atoms with Gasteiger partial charge in [0.1, 0.15) is 11.3 Å². The highest BCUT2D eigenvalue weighted by atomic mass is 35.5. The molecular weight excluding hydrogens is 390 g/mol. The number of halogens is 1. The summed E-state index contributed by atoms with van der Waals surface area (Å²) in [5.41, 5.74) is 3.88. The number of hydrogen-bond donors (Lipinski definition) is 1. The molecule has 3 heterocycles. The van der Waals surface area contributed by atoms with E-state index in [1.165, 1.54) is 0 Å². The fraction of sp³-hybridized carbons (Fsp3) is 0.286. The average molecular weight is 412 g/mol. The van der Waals surface area contributed by atoms with Crippen molar-refractivity contribution in [2.45, 2.75) is 13.8 Å². The quantitative estimate of drug-likeness (QED) is 0.700. The van der Waals surface area contributed by atoms with Crippen LogP contribution in [0.25, 0.3) is 5.65 Å². The lowest BCUT2D eigenvalue weighted by Gasteiger charge is -2.34. The Balaban J connectivity index is 1.37. The summed E-state index contributed by atoms with van der Waals surface area (Å²) < 4.78 is 1.84. The number of imidazole rings is 1. The zero-order chi connectivity index (χ0) is 20.5. The van der Waals surface area contributed by atoms with E-state index in [1.54, 1.807) is 22.1 Å². The van der Waals surface area contributed by atoms with E-state index in [1.807, 2.05) is 48.7 Å². The molecule has 7 nitrogen and oxygen atoms in total. The molecule has 29 heavy (non-hydrogen) atoms. The lowest BCUT2D eigenvalue weighted by Crippen LogP contribution is -2.51. The fourth-order valence-electron chi connectivity index (χ4n) is 3.33. The Hall–Kier alpha value is -3.06. The lowest BCUT2D eigenvalue weighted by atomic mass is 10.2. The Labute approximate surface area is 173 Å². The minimum absolute atomic E-state index is 0.114. The minimum atomic E-state index is -0.194. The molecule has 0 unspecified atom stereocenters. The maximum Gasteiger partial charge on any atom is 0.321 e. The predicted octanol–water partition coefficient (Wildman–Crippen LogP) is 3.59. The zero-order valence-electron chi connectivity index (χ0n) is 16.4. The standard InChI is InChI=1S/C21H22ClN5O2/c1-14-5-6-27-13-18(24-19(27)11-14)20(28)25-7-9-26(10-8-25)21(29)23-16-4-3-15(2)17(22)12-16/h3-6,11-13H,7-10H2,1-2H3,(H,23,29). The number of nitrogens with one attached hydrogen (secondary N) is 1. The maximum atomic E-state index is 12.8. The first kappa shape index (κ1) is 19.3. The molecule has 1 saturated heterocycles. The first-order valence-corrected chi connectivity index (χ1v) is 9.85. The van der Waals surface area contributed by atoms with Gasteiger partial charge in [0.2, 0.25) is 0 Å². The number of aromatic nitrogens is 2. The Bertz CT molecular complexity index is 1090. The normalized spacial score (nSPS) is 14.3. The van der Waals surface area contributed by atoms with E-state index in [9.17, 15) is 9.59 Å². The largest absolute Gasteiger partial charge is 0.334 e. The Morgan fingerprint density at radius 1 is 1.03 bits per heavy atom. The molecule has 150 valence electrons. The number of fused-ring (bicyclic) bond motifs is 1. The van der Waals surface area contributed by atoms with Crippen molar-refractivity contribution < 1.29 is 9.59 Å². The molecule has 1 aliphatic rings. The summed E-state index contributed by atoms with van der Waals surface area (Å²) in [6, 6.07) is 9.15. The van der Waals surface area contributed by atoms with Gasteiger partial charge in [-0.1, -0.05) is 17.7 Å². The molecule has 3 amide bonds. The Morgan fingerprint density at radius 3 is 2.48 bits per heavy atom. The van der Waals surface area contributed by atoms with Crippen LogP contribution in [-0.2, 0) is 0 Å². The molecule has 0 atom stereocenters. The van der Waals surface area contributed by atoms with E-state index >= 15 is 0 Å². The van der Waals surface area contributed by atoms with Crippen LogP contribution in [0.15, 0.2) is 42.7 Å². The number of anilines is 1. The zero-order valence-corrected chi connectivity index (χ0v) is 17.1. The van der Waals surface area contributed by atoms with Gasteiger partial charge < -0.3 is 19.5 Å². The number of hydrogen-bond acceptors (Lipinski definition) is 3. The van der Waals surface area contributed by atoms with Gasteiger partial charge in [-0.2, -0.15) is 0 Å². The fourth-order valence-corrected chi connectivity index (χ4v) is 3.52. The van der Waals surface area contributed by atoms with Gasteiger partial charge in [-0.05, 0) is 49.2 Å². The third-order valence-corrected chi connectivity index (χ3v) is 5.52. The molecule has 0 bridgehead atoms. The van der Waals surface area contributed by atoms with Crippen LogP contribution in [-0.4, -0.2) is 57.3 Å². The number of piperazine rings is 1. The van der Waals surface area contributed by atoms with Crippen LogP contribution in [0, 0.1) is 13.8 Å². The van der Waals surface area contributed by atoms with Crippen molar-refractivity contribution in [3.8, 4) is 0 Å². The number of benzene rings is 1. The number of urea groups is 1. The molecule has 1 N–H and O–H groups in total. The van der Waals surface area contributed by atoms with Gasteiger partial charge in [0.25, 0.3) is 5.91 Å². The number of carbonyl (C=O) groups excluding carboxylic acids is 2. The highest BCUT2D eigenvalue weighted by Crippen LogP contribution is 2.20. The second kappa shape index (κ2) is 7.75. The molecule has 1 aromatic carbocycles. The van der Waals surface area contributed by atoms with Gasteiger partial charge in [-0.25, -0.2) is 9.78 Å². The average Bonchev–Trinajstić information content (AvgIpc) is 3.13. The van der Waals surface area contributed by atoms with Crippen molar-refractivity contribution in [1.82, 2.24) is 19.2 Å². The summed E-state index contributed by atoms with van der Waals surface area (Å²) in [6.45, 7) is 5.76. The van der Waals surface area contributed by atoms with E-state index in [0.29, 0.717) is 42.6 Å². The molecule has 0 aliphatic carbocycles. The highest BCUT2D eigenvalue weighted by Gasteiger charge is 2.26. The second-order valence-electron chi connectivity index (χ2n) is 7.27. The molecule has 0 radical (unpaired) electrons. The SMILES string of the molecule is Cc1ccn2cc(C(=O)N3CCN(C(=O)Nc4ccc(C)c(Cl)c4)CC3)nc2c1. The van der Waals surface area contributed by atoms with Crippen LogP contribution in [0.3, 0.4) is 0 Å². The number of carbonyl (C=O) groups is 2. The molecule has 2 aromatic heterocycles. The Kier molecular flexibility index (Phi) is 5.15. The molecular formula is C21H22ClN5O2. The third-order valence-electron chi connectivity index (χ3n) is 5.11. The lowest BCUT2D eigenvalue weighted by molar-refractivity contribution is 0.0666. The predicted molar refractivity (Wildman–Crippen MR) is 113 cm³/mol. The number of amides is 3. The van der Waals surface area contributed by atoms with E-state index in [0.717, 1.165) is 16.8 Å². The number of pyridine rings is 1. The topological polar surface area (TPSA) is 70.0 Å². The summed E-state index contributed by atoms with van der Waals surface area (Å²) in [5.74, 6) is -0.114. The first-order chi connectivity index (χ1) is 13.9. The van der Waals surface area contributed by atoms with Crippen LogP contribution in [0.2, 0.25) is 5.02 Å². The van der Waals surface area contributed by atoms with Gasteiger partial charge in [0, 0.05) is 49.3 Å².